The van der Waals surface area contributed by atoms with Crippen LogP contribution < -0.4 is 5.32 Å². The minimum Gasteiger partial charge on any atom is -0.444 e. The SMILES string of the molecule is Cc1nc(C(F)F)ccc1S(=O)(=O)C1N(C(=O)OC(C)(C)C)CC12CNC2. The summed E-state index contributed by atoms with van der Waals surface area (Å²) < 4.78 is 57.6. The Bertz CT molecular complexity index is 863. The number of rotatable bonds is 3. The van der Waals surface area contributed by atoms with E-state index < -0.39 is 44.4 Å². The van der Waals surface area contributed by atoms with Gasteiger partial charge < -0.3 is 10.1 Å². The lowest BCUT2D eigenvalue weighted by atomic mass is 9.74. The molecular formula is C17H23F2N3O4S. The number of hydrogen-bond acceptors (Lipinski definition) is 6. The molecule has 0 radical (unpaired) electrons. The lowest BCUT2D eigenvalue weighted by Crippen LogP contribution is -2.79. The molecule has 1 unspecified atom stereocenters. The van der Waals surface area contributed by atoms with Gasteiger partial charge >= 0.3 is 6.09 Å². The molecule has 0 aromatic carbocycles. The standard InChI is InChI=1S/C17H23F2N3O4S/c1-10-12(6-5-11(21-10)13(18)19)27(24,25)14-17(7-20-8-17)9-22(14)15(23)26-16(2,3)4/h5-6,13-14,20H,7-9H2,1-4H3. The first-order valence-electron chi connectivity index (χ1n) is 8.57. The molecule has 0 aliphatic carbocycles. The van der Waals surface area contributed by atoms with Crippen LogP contribution in [0.15, 0.2) is 17.0 Å². The molecule has 10 heteroatoms. The molecule has 1 spiro atoms. The number of pyridine rings is 1. The normalized spacial score (nSPS) is 21.7. The van der Waals surface area contributed by atoms with Gasteiger partial charge in [-0.15, -0.1) is 0 Å². The van der Waals surface area contributed by atoms with Crippen molar-refractivity contribution in [2.75, 3.05) is 19.6 Å². The fourth-order valence-electron chi connectivity index (χ4n) is 3.54. The number of hydrogen-bond donors (Lipinski definition) is 1. The first-order valence-corrected chi connectivity index (χ1v) is 10.1. The zero-order chi connectivity index (χ0) is 20.2. The third kappa shape index (κ3) is 3.40. The van der Waals surface area contributed by atoms with Crippen LogP contribution in [0, 0.1) is 12.3 Å². The highest BCUT2D eigenvalue weighted by atomic mass is 32.2. The van der Waals surface area contributed by atoms with Gasteiger partial charge in [-0.05, 0) is 39.8 Å². The molecule has 1 aromatic rings. The minimum atomic E-state index is -4.02. The quantitative estimate of drug-likeness (QED) is 0.833. The number of alkyl halides is 2. The zero-order valence-electron chi connectivity index (χ0n) is 15.6. The second kappa shape index (κ2) is 6.37. The average molecular weight is 403 g/mol. The molecule has 27 heavy (non-hydrogen) atoms. The molecule has 1 amide bonds. The first-order chi connectivity index (χ1) is 12.4. The number of aryl methyl sites for hydroxylation is 1. The van der Waals surface area contributed by atoms with Gasteiger partial charge in [0.25, 0.3) is 6.43 Å². The van der Waals surface area contributed by atoms with E-state index in [-0.39, 0.29) is 17.1 Å². The summed E-state index contributed by atoms with van der Waals surface area (Å²) in [7, 11) is -4.02. The lowest BCUT2D eigenvalue weighted by molar-refractivity contribution is -0.0734. The molecule has 7 nitrogen and oxygen atoms in total. The largest absolute Gasteiger partial charge is 0.444 e. The average Bonchev–Trinajstić information content (AvgIpc) is 2.41. The molecule has 1 N–H and O–H groups in total. The molecule has 3 rings (SSSR count). The van der Waals surface area contributed by atoms with Crippen molar-refractivity contribution in [3.63, 3.8) is 0 Å². The summed E-state index contributed by atoms with van der Waals surface area (Å²) in [6, 6.07) is 2.15. The van der Waals surface area contributed by atoms with Crippen molar-refractivity contribution in [2.24, 2.45) is 5.41 Å². The summed E-state index contributed by atoms with van der Waals surface area (Å²) >= 11 is 0. The third-order valence-electron chi connectivity index (χ3n) is 4.76. The number of carbonyl (C=O) groups excluding carboxylic acids is 1. The predicted octanol–water partition coefficient (Wildman–Crippen LogP) is 2.27. The maximum absolute atomic E-state index is 13.3. The summed E-state index contributed by atoms with van der Waals surface area (Å²) in [6.07, 6.45) is -3.49. The topological polar surface area (TPSA) is 88.6 Å². The Morgan fingerprint density at radius 2 is 2.00 bits per heavy atom. The number of carbonyl (C=O) groups is 1. The highest BCUT2D eigenvalue weighted by Crippen LogP contribution is 2.47. The van der Waals surface area contributed by atoms with Gasteiger partial charge in [0, 0.05) is 25.0 Å². The van der Waals surface area contributed by atoms with E-state index >= 15 is 0 Å². The van der Waals surface area contributed by atoms with Gasteiger partial charge in [0.05, 0.1) is 10.6 Å². The van der Waals surface area contributed by atoms with Gasteiger partial charge in [-0.2, -0.15) is 0 Å². The summed E-state index contributed by atoms with van der Waals surface area (Å²) in [5, 5.41) is 1.93. The maximum Gasteiger partial charge on any atom is 0.411 e. The Hall–Kier alpha value is -1.81. The number of aromatic nitrogens is 1. The van der Waals surface area contributed by atoms with Crippen molar-refractivity contribution < 1.29 is 26.7 Å². The number of sulfone groups is 1. The molecule has 2 aliphatic rings. The molecule has 1 atom stereocenters. The molecule has 2 aliphatic heterocycles. The van der Waals surface area contributed by atoms with E-state index in [0.29, 0.717) is 13.1 Å². The third-order valence-corrected chi connectivity index (χ3v) is 7.14. The smallest absolute Gasteiger partial charge is 0.411 e. The predicted molar refractivity (Wildman–Crippen MR) is 93.1 cm³/mol. The molecule has 1 aromatic heterocycles. The van der Waals surface area contributed by atoms with Crippen molar-refractivity contribution in [3.8, 4) is 0 Å². The van der Waals surface area contributed by atoms with Crippen LogP contribution in [0.5, 0.6) is 0 Å². The Morgan fingerprint density at radius 3 is 2.44 bits per heavy atom. The number of likely N-dealkylation sites (tertiary alicyclic amines) is 1. The monoisotopic (exact) mass is 403 g/mol. The van der Waals surface area contributed by atoms with Crippen molar-refractivity contribution in [2.45, 2.75) is 50.0 Å². The summed E-state index contributed by atoms with van der Waals surface area (Å²) in [5.41, 5.74) is -1.85. The van der Waals surface area contributed by atoms with Crippen molar-refractivity contribution >= 4 is 15.9 Å². The van der Waals surface area contributed by atoms with Gasteiger partial charge in [-0.1, -0.05) is 0 Å². The van der Waals surface area contributed by atoms with E-state index in [1.807, 2.05) is 0 Å². The first kappa shape index (κ1) is 19.9. The highest BCUT2D eigenvalue weighted by Gasteiger charge is 2.64. The van der Waals surface area contributed by atoms with E-state index in [0.717, 1.165) is 12.1 Å². The van der Waals surface area contributed by atoms with E-state index in [9.17, 15) is 22.0 Å². The second-order valence-corrected chi connectivity index (χ2v) is 10.1. The molecule has 2 saturated heterocycles. The zero-order valence-corrected chi connectivity index (χ0v) is 16.4. The summed E-state index contributed by atoms with van der Waals surface area (Å²) in [4.78, 5) is 17.3. The summed E-state index contributed by atoms with van der Waals surface area (Å²) in [5.74, 6) is 0. The fraction of sp³-hybridized carbons (Fsp3) is 0.647. The molecule has 2 fully saturated rings. The summed E-state index contributed by atoms with van der Waals surface area (Å²) in [6.45, 7) is 7.65. The number of nitrogens with one attached hydrogen (secondary N) is 1. The second-order valence-electron chi connectivity index (χ2n) is 8.09. The Kier molecular flexibility index (Phi) is 4.70. The molecule has 150 valence electrons. The van der Waals surface area contributed by atoms with Gasteiger partial charge in [0.2, 0.25) is 9.84 Å². The van der Waals surface area contributed by atoms with Crippen LogP contribution in [0.1, 0.15) is 38.6 Å². The molecule has 3 heterocycles. The minimum absolute atomic E-state index is 0.00808. The fourth-order valence-corrected chi connectivity index (χ4v) is 5.89. The molecule has 0 saturated carbocycles. The van der Waals surface area contributed by atoms with Crippen LogP contribution in [-0.2, 0) is 14.6 Å². The van der Waals surface area contributed by atoms with Gasteiger partial charge in [-0.25, -0.2) is 22.0 Å². The van der Waals surface area contributed by atoms with Crippen molar-refractivity contribution in [1.82, 2.24) is 15.2 Å². The van der Waals surface area contributed by atoms with E-state index in [1.165, 1.54) is 11.8 Å². The van der Waals surface area contributed by atoms with Crippen molar-refractivity contribution in [1.29, 1.82) is 0 Å². The van der Waals surface area contributed by atoms with Gasteiger partial charge in [-0.3, -0.25) is 9.88 Å². The van der Waals surface area contributed by atoms with Crippen LogP contribution in [0.4, 0.5) is 13.6 Å². The van der Waals surface area contributed by atoms with Crippen molar-refractivity contribution in [3.05, 3.63) is 23.5 Å². The van der Waals surface area contributed by atoms with Crippen LogP contribution in [-0.4, -0.2) is 55.0 Å². The van der Waals surface area contributed by atoms with E-state index in [1.54, 1.807) is 20.8 Å². The Morgan fingerprint density at radius 1 is 1.37 bits per heavy atom. The van der Waals surface area contributed by atoms with Crippen LogP contribution in [0.2, 0.25) is 0 Å². The van der Waals surface area contributed by atoms with E-state index in [2.05, 4.69) is 10.3 Å². The number of amides is 1. The Balaban J connectivity index is 1.96. The highest BCUT2D eigenvalue weighted by molar-refractivity contribution is 7.92. The van der Waals surface area contributed by atoms with E-state index in [4.69, 9.17) is 4.74 Å². The van der Waals surface area contributed by atoms with Gasteiger partial charge in [0.15, 0.2) is 5.37 Å². The lowest BCUT2D eigenvalue weighted by Gasteiger charge is -2.60. The number of nitrogens with zero attached hydrogens (tertiary/aromatic N) is 2. The van der Waals surface area contributed by atoms with Crippen LogP contribution in [0.3, 0.4) is 0 Å². The maximum atomic E-state index is 13.3. The molecular weight excluding hydrogens is 380 g/mol. The molecule has 0 bridgehead atoms. The Labute approximate surface area is 157 Å². The van der Waals surface area contributed by atoms with Gasteiger partial charge in [0.1, 0.15) is 11.3 Å². The number of halogens is 2. The number of ether oxygens (including phenoxy) is 1. The van der Waals surface area contributed by atoms with Crippen LogP contribution >= 0.6 is 0 Å². The van der Waals surface area contributed by atoms with Crippen LogP contribution in [0.25, 0.3) is 0 Å².